The monoisotopic (exact) mass is 270 g/mol. The molecule has 2 aromatic carbocycles. The molecule has 96 valence electrons. The summed E-state index contributed by atoms with van der Waals surface area (Å²) < 4.78 is 0. The average molecular weight is 271 g/mol. The standard InChI is InChI=1S/C16H15ClN2/c1-12-6-5-9-15(17)16(12)19-11-14(10-18)13-7-3-2-4-8-13/h2-9,14,19H,11H2,1H3. The van der Waals surface area contributed by atoms with E-state index < -0.39 is 0 Å². The van der Waals surface area contributed by atoms with E-state index in [0.717, 1.165) is 16.8 Å². The zero-order chi connectivity index (χ0) is 13.7. The molecule has 0 aliphatic heterocycles. The molecular formula is C16H15ClN2. The number of rotatable bonds is 4. The molecule has 0 amide bonds. The zero-order valence-corrected chi connectivity index (χ0v) is 11.5. The fraction of sp³-hybridized carbons (Fsp3) is 0.188. The molecular weight excluding hydrogens is 256 g/mol. The third-order valence-electron chi connectivity index (χ3n) is 3.06. The largest absolute Gasteiger partial charge is 0.382 e. The maximum atomic E-state index is 9.27. The molecule has 19 heavy (non-hydrogen) atoms. The van der Waals surface area contributed by atoms with Gasteiger partial charge in [0.2, 0.25) is 0 Å². The Hall–Kier alpha value is -1.98. The molecule has 0 radical (unpaired) electrons. The number of anilines is 1. The number of hydrogen-bond donors (Lipinski definition) is 1. The van der Waals surface area contributed by atoms with E-state index in [1.807, 2.05) is 55.5 Å². The van der Waals surface area contributed by atoms with Crippen LogP contribution in [0.1, 0.15) is 17.0 Å². The number of hydrogen-bond acceptors (Lipinski definition) is 2. The molecule has 0 saturated heterocycles. The van der Waals surface area contributed by atoms with Crippen LogP contribution in [0.4, 0.5) is 5.69 Å². The van der Waals surface area contributed by atoms with E-state index >= 15 is 0 Å². The van der Waals surface area contributed by atoms with E-state index in [1.165, 1.54) is 0 Å². The summed E-state index contributed by atoms with van der Waals surface area (Å²) in [6, 6.07) is 17.9. The van der Waals surface area contributed by atoms with Crippen LogP contribution in [0.15, 0.2) is 48.5 Å². The number of para-hydroxylation sites is 1. The number of nitriles is 1. The van der Waals surface area contributed by atoms with Crippen LogP contribution in [0.5, 0.6) is 0 Å². The van der Waals surface area contributed by atoms with E-state index in [9.17, 15) is 5.26 Å². The van der Waals surface area contributed by atoms with Gasteiger partial charge in [-0.2, -0.15) is 5.26 Å². The number of nitrogens with zero attached hydrogens (tertiary/aromatic N) is 1. The van der Waals surface area contributed by atoms with Crippen LogP contribution >= 0.6 is 11.6 Å². The third-order valence-corrected chi connectivity index (χ3v) is 3.38. The van der Waals surface area contributed by atoms with Crippen LogP contribution < -0.4 is 5.32 Å². The van der Waals surface area contributed by atoms with E-state index in [1.54, 1.807) is 0 Å². The number of aryl methyl sites for hydroxylation is 1. The van der Waals surface area contributed by atoms with Gasteiger partial charge in [-0.3, -0.25) is 0 Å². The molecule has 1 atom stereocenters. The number of halogens is 1. The van der Waals surface area contributed by atoms with Gasteiger partial charge in [-0.15, -0.1) is 0 Å². The van der Waals surface area contributed by atoms with Gasteiger partial charge in [0, 0.05) is 6.54 Å². The minimum atomic E-state index is -0.183. The molecule has 2 nitrogen and oxygen atoms in total. The molecule has 1 N–H and O–H groups in total. The molecule has 1 unspecified atom stereocenters. The van der Waals surface area contributed by atoms with Crippen LogP contribution in [0.2, 0.25) is 5.02 Å². The molecule has 2 rings (SSSR count). The first kappa shape index (κ1) is 13.5. The van der Waals surface area contributed by atoms with Crippen molar-refractivity contribution in [2.24, 2.45) is 0 Å². The van der Waals surface area contributed by atoms with Crippen LogP contribution in [0.3, 0.4) is 0 Å². The lowest BCUT2D eigenvalue weighted by atomic mass is 10.0. The minimum Gasteiger partial charge on any atom is -0.382 e. The quantitative estimate of drug-likeness (QED) is 0.896. The predicted octanol–water partition coefficient (Wildman–Crippen LogP) is 4.37. The van der Waals surface area contributed by atoms with Gasteiger partial charge in [0.25, 0.3) is 0 Å². The lowest BCUT2D eigenvalue weighted by molar-refractivity contribution is 0.899. The summed E-state index contributed by atoms with van der Waals surface area (Å²) in [6.45, 7) is 2.54. The van der Waals surface area contributed by atoms with Crippen molar-refractivity contribution in [1.82, 2.24) is 0 Å². The summed E-state index contributed by atoms with van der Waals surface area (Å²) >= 11 is 6.16. The van der Waals surface area contributed by atoms with Crippen molar-refractivity contribution in [2.45, 2.75) is 12.8 Å². The van der Waals surface area contributed by atoms with Crippen molar-refractivity contribution in [3.05, 3.63) is 64.7 Å². The SMILES string of the molecule is Cc1cccc(Cl)c1NCC(C#N)c1ccccc1. The van der Waals surface area contributed by atoms with Gasteiger partial charge in [-0.1, -0.05) is 54.1 Å². The Morgan fingerprint density at radius 1 is 1.16 bits per heavy atom. The summed E-state index contributed by atoms with van der Waals surface area (Å²) in [6.07, 6.45) is 0. The van der Waals surface area contributed by atoms with Gasteiger partial charge in [-0.25, -0.2) is 0 Å². The molecule has 0 spiro atoms. The fourth-order valence-electron chi connectivity index (χ4n) is 1.98. The molecule has 3 heteroatoms. The Balaban J connectivity index is 2.12. The zero-order valence-electron chi connectivity index (χ0n) is 10.7. The average Bonchev–Trinajstić information content (AvgIpc) is 2.43. The molecule has 0 bridgehead atoms. The lowest BCUT2D eigenvalue weighted by Crippen LogP contribution is -2.12. The van der Waals surface area contributed by atoms with Crippen LogP contribution in [0.25, 0.3) is 0 Å². The van der Waals surface area contributed by atoms with Crippen LogP contribution in [-0.2, 0) is 0 Å². The Morgan fingerprint density at radius 3 is 2.53 bits per heavy atom. The van der Waals surface area contributed by atoms with Gasteiger partial charge in [0.1, 0.15) is 0 Å². The van der Waals surface area contributed by atoms with E-state index in [4.69, 9.17) is 11.6 Å². The highest BCUT2D eigenvalue weighted by atomic mass is 35.5. The van der Waals surface area contributed by atoms with Crippen molar-refractivity contribution in [2.75, 3.05) is 11.9 Å². The second-order valence-corrected chi connectivity index (χ2v) is 4.81. The highest BCUT2D eigenvalue weighted by Gasteiger charge is 2.11. The second-order valence-electron chi connectivity index (χ2n) is 4.41. The molecule has 0 aliphatic rings. The highest BCUT2D eigenvalue weighted by Crippen LogP contribution is 2.26. The summed E-state index contributed by atoms with van der Waals surface area (Å²) in [4.78, 5) is 0. The molecule has 0 aliphatic carbocycles. The summed E-state index contributed by atoms with van der Waals surface area (Å²) in [5.74, 6) is -0.183. The summed E-state index contributed by atoms with van der Waals surface area (Å²) in [7, 11) is 0. The van der Waals surface area contributed by atoms with Gasteiger partial charge in [0.05, 0.1) is 22.7 Å². The smallest absolute Gasteiger partial charge is 0.0885 e. The number of benzene rings is 2. The Labute approximate surface area is 118 Å². The van der Waals surface area contributed by atoms with Crippen molar-refractivity contribution in [3.63, 3.8) is 0 Å². The van der Waals surface area contributed by atoms with Crippen molar-refractivity contribution >= 4 is 17.3 Å². The number of nitrogens with one attached hydrogen (secondary N) is 1. The Morgan fingerprint density at radius 2 is 1.89 bits per heavy atom. The van der Waals surface area contributed by atoms with Crippen LogP contribution in [0, 0.1) is 18.3 Å². The molecule has 0 aromatic heterocycles. The van der Waals surface area contributed by atoms with Crippen molar-refractivity contribution < 1.29 is 0 Å². The first-order chi connectivity index (χ1) is 9.22. The predicted molar refractivity (Wildman–Crippen MR) is 79.5 cm³/mol. The normalized spacial score (nSPS) is 11.6. The molecule has 0 saturated carbocycles. The van der Waals surface area contributed by atoms with Gasteiger partial charge in [0.15, 0.2) is 0 Å². The van der Waals surface area contributed by atoms with Gasteiger partial charge >= 0.3 is 0 Å². The first-order valence-electron chi connectivity index (χ1n) is 6.16. The Bertz CT molecular complexity index is 567. The van der Waals surface area contributed by atoms with Gasteiger partial charge in [-0.05, 0) is 24.1 Å². The second kappa shape index (κ2) is 6.26. The maximum absolute atomic E-state index is 9.27. The van der Waals surface area contributed by atoms with E-state index in [2.05, 4.69) is 11.4 Å². The topological polar surface area (TPSA) is 35.8 Å². The first-order valence-corrected chi connectivity index (χ1v) is 6.53. The van der Waals surface area contributed by atoms with Gasteiger partial charge < -0.3 is 5.32 Å². The fourth-order valence-corrected chi connectivity index (χ4v) is 2.27. The van der Waals surface area contributed by atoms with Crippen molar-refractivity contribution in [1.29, 1.82) is 5.26 Å². The molecule has 0 heterocycles. The van der Waals surface area contributed by atoms with E-state index in [0.29, 0.717) is 11.6 Å². The van der Waals surface area contributed by atoms with Crippen LogP contribution in [-0.4, -0.2) is 6.54 Å². The molecule has 2 aromatic rings. The summed E-state index contributed by atoms with van der Waals surface area (Å²) in [5.41, 5.74) is 3.00. The maximum Gasteiger partial charge on any atom is 0.0885 e. The third kappa shape index (κ3) is 3.27. The lowest BCUT2D eigenvalue weighted by Gasteiger charge is -2.14. The van der Waals surface area contributed by atoms with Crippen molar-refractivity contribution in [3.8, 4) is 6.07 Å². The minimum absolute atomic E-state index is 0.183. The van der Waals surface area contributed by atoms with E-state index in [-0.39, 0.29) is 5.92 Å². The Kier molecular flexibility index (Phi) is 4.43. The highest BCUT2D eigenvalue weighted by molar-refractivity contribution is 6.33. The molecule has 0 fully saturated rings. The summed E-state index contributed by atoms with van der Waals surface area (Å²) in [5, 5.41) is 13.2.